The van der Waals surface area contributed by atoms with Crippen molar-refractivity contribution in [2.24, 2.45) is 0 Å². The summed E-state index contributed by atoms with van der Waals surface area (Å²) in [5.41, 5.74) is 25.8. The van der Waals surface area contributed by atoms with Crippen LogP contribution in [0.25, 0.3) is 98.6 Å². The summed E-state index contributed by atoms with van der Waals surface area (Å²) in [5, 5.41) is 10.6. The van der Waals surface area contributed by atoms with E-state index in [2.05, 4.69) is 322 Å². The molecule has 0 fully saturated rings. The van der Waals surface area contributed by atoms with Gasteiger partial charge in [0.2, 0.25) is 0 Å². The van der Waals surface area contributed by atoms with Crippen LogP contribution in [0.2, 0.25) is 0 Å². The van der Waals surface area contributed by atoms with Gasteiger partial charge in [-0.25, -0.2) is 0 Å². The lowest BCUT2D eigenvalue weighted by Gasteiger charge is -2.09. The van der Waals surface area contributed by atoms with Crippen LogP contribution in [0.5, 0.6) is 0 Å². The van der Waals surface area contributed by atoms with Gasteiger partial charge in [-0.2, -0.15) is 63.1 Å². The second-order valence-corrected chi connectivity index (χ2v) is 27.9. The summed E-state index contributed by atoms with van der Waals surface area (Å²) < 4.78 is 9.47. The van der Waals surface area contributed by atoms with E-state index in [1.165, 1.54) is 161 Å². The molecule has 0 saturated carbocycles. The minimum absolute atomic E-state index is 0.835. The maximum atomic E-state index is 4.42. The molecule has 14 aromatic rings. The number of aryl methyl sites for hydroxylation is 6. The summed E-state index contributed by atoms with van der Waals surface area (Å²) in [6, 6.07) is 72.0. The van der Waals surface area contributed by atoms with Gasteiger partial charge in [-0.1, -0.05) is 123 Å². The van der Waals surface area contributed by atoms with Gasteiger partial charge in [-0.05, 0) is 264 Å². The van der Waals surface area contributed by atoms with Gasteiger partial charge in [0.25, 0.3) is 0 Å². The van der Waals surface area contributed by atoms with Gasteiger partial charge in [-0.3, -0.25) is 0 Å². The first-order valence-corrected chi connectivity index (χ1v) is 38.3. The number of rotatable bonds is 26. The van der Waals surface area contributed by atoms with E-state index in [9.17, 15) is 0 Å². The minimum Gasteiger partial charge on any atom is -0.340 e. The van der Waals surface area contributed by atoms with Crippen molar-refractivity contribution in [3.8, 4) is 11.4 Å². The molecule has 508 valence electrons. The Hall–Kier alpha value is -8.41. The summed E-state index contributed by atoms with van der Waals surface area (Å²) in [6.45, 7) is 27.2. The molecule has 0 saturated heterocycles. The van der Waals surface area contributed by atoms with Crippen molar-refractivity contribution in [1.29, 1.82) is 0 Å². The van der Waals surface area contributed by atoms with Gasteiger partial charge >= 0.3 is 0 Å². The van der Waals surface area contributed by atoms with E-state index in [-0.39, 0.29) is 0 Å². The molecule has 100 heavy (non-hydrogen) atoms. The van der Waals surface area contributed by atoms with Crippen LogP contribution < -0.4 is 0 Å². The number of hydrogen-bond acceptors (Lipinski definition) is 5. The summed E-state index contributed by atoms with van der Waals surface area (Å²) in [6.07, 6.45) is 22.5. The van der Waals surface area contributed by atoms with Crippen LogP contribution in [0.3, 0.4) is 0 Å². The van der Waals surface area contributed by atoms with E-state index in [4.69, 9.17) is 0 Å². The molecular weight excluding hydrogens is 1310 g/mol. The quantitative estimate of drug-likeness (QED) is 0.0263. The van der Waals surface area contributed by atoms with E-state index in [0.29, 0.717) is 0 Å². The van der Waals surface area contributed by atoms with Crippen molar-refractivity contribution < 1.29 is 0 Å². The van der Waals surface area contributed by atoms with Crippen LogP contribution in [0.15, 0.2) is 270 Å². The Morgan fingerprint density at radius 1 is 0.260 bits per heavy atom. The number of fused-ring (bicyclic) bond motifs is 12. The van der Waals surface area contributed by atoms with Crippen LogP contribution in [0, 0.1) is 0 Å². The third-order valence-corrected chi connectivity index (χ3v) is 19.9. The van der Waals surface area contributed by atoms with Crippen LogP contribution in [-0.4, -0.2) is 47.0 Å². The van der Waals surface area contributed by atoms with Gasteiger partial charge in [0, 0.05) is 95.4 Å². The predicted molar refractivity (Wildman–Crippen MR) is 458 cm³/mol. The largest absolute Gasteiger partial charge is 0.340 e. The Morgan fingerprint density at radius 2 is 0.510 bits per heavy atom. The highest BCUT2D eigenvalue weighted by molar-refractivity contribution is 7.80. The second-order valence-electron chi connectivity index (χ2n) is 25.7. The number of thiol groups is 5. The average Bonchev–Trinajstić information content (AvgIpc) is 1.61. The molecule has 0 aliphatic rings. The fourth-order valence-electron chi connectivity index (χ4n) is 14.2. The molecule has 0 bridgehead atoms. The van der Waals surface area contributed by atoms with Gasteiger partial charge in [0.05, 0.1) is 22.1 Å². The Morgan fingerprint density at radius 3 is 0.810 bits per heavy atom. The van der Waals surface area contributed by atoms with E-state index in [0.717, 1.165) is 106 Å². The van der Waals surface area contributed by atoms with Crippen LogP contribution >= 0.6 is 63.1 Å². The topological polar surface area (TPSA) is 19.7 Å². The fourth-order valence-corrected chi connectivity index (χ4v) is 15.4. The number of nitrogens with zero attached hydrogens (tertiary/aromatic N) is 4. The lowest BCUT2D eigenvalue weighted by atomic mass is 10.0. The Bertz CT molecular complexity index is 4970. The lowest BCUT2D eigenvalue weighted by Crippen LogP contribution is -1.98. The zero-order chi connectivity index (χ0) is 70.1. The molecule has 4 aromatic heterocycles. The molecule has 0 amide bonds. The molecular formula is C91H94N4S5. The SMILES string of the molecule is C=CCc1ccc(-n2c3ccc(CCS)cc3c3cc(CCS)ccc32)cc1.C=CCc1ccc2c(c1)c1cc(CC=C)ccc1n2-c1ccc(CCS)cc1.C=CCc1ccc2c(c1)c1cc(CC=C)ccc1n2CCS.C=CCn1c2ccc(CCC)cc2c2cc(CCS)ccc21. The molecule has 10 aromatic carbocycles. The number of benzene rings is 10. The molecule has 4 heterocycles. The molecule has 0 spiro atoms. The Kier molecular flexibility index (Phi) is 25.7. The summed E-state index contributed by atoms with van der Waals surface area (Å²) in [5.74, 6) is 4.31. The molecule has 0 aliphatic carbocycles. The maximum absolute atomic E-state index is 4.42. The number of allylic oxidation sites excluding steroid dienone is 6. The van der Waals surface area contributed by atoms with Crippen LogP contribution in [-0.2, 0) is 77.3 Å². The highest BCUT2D eigenvalue weighted by Gasteiger charge is 2.18. The highest BCUT2D eigenvalue weighted by atomic mass is 32.1. The van der Waals surface area contributed by atoms with Gasteiger partial charge < -0.3 is 18.3 Å². The van der Waals surface area contributed by atoms with Crippen molar-refractivity contribution >= 4 is 150 Å². The summed E-state index contributed by atoms with van der Waals surface area (Å²) in [7, 11) is 0. The Labute approximate surface area is 620 Å². The van der Waals surface area contributed by atoms with E-state index < -0.39 is 0 Å². The monoisotopic (exact) mass is 1400 g/mol. The molecule has 0 radical (unpaired) electrons. The predicted octanol–water partition coefficient (Wildman–Crippen LogP) is 23.8. The van der Waals surface area contributed by atoms with Crippen molar-refractivity contribution in [1.82, 2.24) is 18.3 Å². The van der Waals surface area contributed by atoms with Crippen molar-refractivity contribution in [2.75, 3.05) is 28.8 Å². The second kappa shape index (κ2) is 35.3. The van der Waals surface area contributed by atoms with E-state index in [1.54, 1.807) is 0 Å². The standard InChI is InChI=1S/C26H25NS.C25H25NS2.C20H23NS.C20H21NS/c1-3-5-20-9-13-25-23(17-20)24-18-21(6-4-2)10-14-26(24)27(25)22-11-7-19(8-12-22)15-16-28;1-2-3-18-4-8-21(9-5-18)26-24-10-6-19(12-14-27)16-22(24)23-17-20(13-15-28)7-11-25(23)26;1-3-5-15-6-8-19-17(13-15)18-14-16(10-12-22)7-9-20(18)21(19)11-4-2;1-3-5-15-7-9-19-17(13-15)18-14-16(6-4-2)8-10-20(18)21(19)11-12-22/h3-4,7-14,17-18,28H,1-2,5-6,15-16H2;2,4-11,16-17,27-28H,1,3,12-15H2;4,6-9,13-14,22H,2-3,5,10-12H2,1H3;3-4,7-10,13-14,22H,1-2,5-6,11-12H2. The van der Waals surface area contributed by atoms with Gasteiger partial charge in [-0.15, -0.1) is 39.5 Å². The molecule has 0 aliphatic heterocycles. The van der Waals surface area contributed by atoms with Gasteiger partial charge in [0.1, 0.15) is 0 Å². The first-order valence-electron chi connectivity index (χ1n) is 35.1. The summed E-state index contributed by atoms with van der Waals surface area (Å²) >= 11 is 22.0. The van der Waals surface area contributed by atoms with Crippen LogP contribution in [0.1, 0.15) is 69.0 Å². The zero-order valence-electron chi connectivity index (χ0n) is 57.9. The maximum Gasteiger partial charge on any atom is 0.0541 e. The van der Waals surface area contributed by atoms with Crippen molar-refractivity contribution in [2.45, 2.75) is 90.6 Å². The molecule has 14 rings (SSSR count). The number of hydrogen-bond donors (Lipinski definition) is 5. The molecule has 0 unspecified atom stereocenters. The third-order valence-electron chi connectivity index (χ3n) is 18.8. The summed E-state index contributed by atoms with van der Waals surface area (Å²) in [4.78, 5) is 0. The molecule has 0 N–H and O–H groups in total. The van der Waals surface area contributed by atoms with E-state index in [1.807, 2.05) is 36.5 Å². The highest BCUT2D eigenvalue weighted by Crippen LogP contribution is 2.38. The normalized spacial score (nSPS) is 11.3. The zero-order valence-corrected chi connectivity index (χ0v) is 62.4. The third kappa shape index (κ3) is 16.3. The lowest BCUT2D eigenvalue weighted by molar-refractivity contribution is 0.839. The van der Waals surface area contributed by atoms with Crippen LogP contribution in [0.4, 0.5) is 0 Å². The fraction of sp³-hybridized carbons (Fsp3) is 0.209. The van der Waals surface area contributed by atoms with Gasteiger partial charge in [0.15, 0.2) is 0 Å². The average molecular weight is 1400 g/mol. The first kappa shape index (κ1) is 72.8. The first-order chi connectivity index (χ1) is 49.0. The molecule has 4 nitrogen and oxygen atoms in total. The Balaban J connectivity index is 0.000000135. The number of aromatic nitrogens is 4. The van der Waals surface area contributed by atoms with Crippen molar-refractivity contribution in [3.05, 3.63) is 326 Å². The van der Waals surface area contributed by atoms with E-state index >= 15 is 0 Å². The smallest absolute Gasteiger partial charge is 0.0541 e. The van der Waals surface area contributed by atoms with Crippen molar-refractivity contribution in [3.63, 3.8) is 0 Å². The molecule has 0 atom stereocenters. The minimum atomic E-state index is 0.835. The molecule has 9 heteroatoms.